The zero-order valence-electron chi connectivity index (χ0n) is 27.0. The van der Waals surface area contributed by atoms with Crippen molar-refractivity contribution in [2.45, 2.75) is 0 Å². The first-order valence-electron chi connectivity index (χ1n) is 16.6. The van der Waals surface area contributed by atoms with Gasteiger partial charge in [-0.1, -0.05) is 146 Å². The third-order valence-corrected chi connectivity index (χ3v) is 9.30. The topological polar surface area (TPSA) is 43.0 Å². The summed E-state index contributed by atoms with van der Waals surface area (Å²) in [6.07, 6.45) is 0. The summed E-state index contributed by atoms with van der Waals surface area (Å²) >= 11 is 0. The lowest BCUT2D eigenvalue weighted by atomic mass is 9.87. The molecule has 9 aromatic rings. The maximum atomic E-state index is 7.59. The van der Waals surface area contributed by atoms with Gasteiger partial charge in [-0.05, 0) is 78.8 Å². The second-order valence-electron chi connectivity index (χ2n) is 12.3. The number of rotatable bonds is 5. The van der Waals surface area contributed by atoms with Gasteiger partial charge in [0, 0.05) is 16.7 Å². The van der Waals surface area contributed by atoms with Crippen molar-refractivity contribution in [3.8, 4) is 56.4 Å². The molecule has 232 valence electrons. The second kappa shape index (κ2) is 12.2. The number of nitrogens with zero attached hydrogens (tertiary/aromatic N) is 4. The van der Waals surface area contributed by atoms with E-state index in [1.165, 1.54) is 26.9 Å². The molecule has 0 unspecified atom stereocenters. The van der Waals surface area contributed by atoms with E-state index in [-0.39, 0.29) is 0 Å². The Kier molecular flexibility index (Phi) is 7.15. The van der Waals surface area contributed by atoms with Gasteiger partial charge in [-0.15, -0.1) is 0 Å². The monoisotopic (exact) mass is 636 g/mol. The van der Waals surface area contributed by atoms with Crippen molar-refractivity contribution in [1.29, 1.82) is 0 Å². The average Bonchev–Trinajstić information content (AvgIpc) is 3.20. The minimum Gasteiger partial charge on any atom is -0.238 e. The highest BCUT2D eigenvalue weighted by atomic mass is 15.0. The maximum absolute atomic E-state index is 7.59. The third kappa shape index (κ3) is 5.15. The molecule has 0 radical (unpaired) electrons. The molecule has 1 heterocycles. The van der Waals surface area contributed by atoms with Crippen LogP contribution >= 0.6 is 0 Å². The molecule has 0 fully saturated rings. The Hall–Kier alpha value is -6.96. The quantitative estimate of drug-likeness (QED) is 0.139. The maximum Gasteiger partial charge on any atom is 0.187 e. The number of hydrogen-bond donors (Lipinski definition) is 0. The van der Waals surface area contributed by atoms with Crippen LogP contribution in [0.25, 0.3) is 93.6 Å². The second-order valence-corrected chi connectivity index (χ2v) is 12.3. The SMILES string of the molecule is [C-]#[N+]c1cccc(-c2cc3c4ccccc4c(-c4cccc(-c5nc(-c6ccccc6)nc(-c6ccccc6)n5)c4)cc3c3ccccc23)c1. The van der Waals surface area contributed by atoms with Crippen LogP contribution in [-0.4, -0.2) is 15.0 Å². The fraction of sp³-hybridized carbons (Fsp3) is 0. The van der Waals surface area contributed by atoms with Crippen LogP contribution in [-0.2, 0) is 0 Å². The van der Waals surface area contributed by atoms with Gasteiger partial charge >= 0.3 is 0 Å². The molecule has 0 atom stereocenters. The minimum absolute atomic E-state index is 0.626. The van der Waals surface area contributed by atoms with Gasteiger partial charge < -0.3 is 0 Å². The van der Waals surface area contributed by atoms with Crippen molar-refractivity contribution in [2.24, 2.45) is 0 Å². The molecule has 0 aliphatic rings. The Labute approximate surface area is 289 Å². The number of fused-ring (bicyclic) bond motifs is 5. The zero-order valence-corrected chi connectivity index (χ0v) is 27.0. The molecule has 0 bridgehead atoms. The molecule has 0 spiro atoms. The number of benzene rings is 8. The van der Waals surface area contributed by atoms with Crippen molar-refractivity contribution < 1.29 is 0 Å². The van der Waals surface area contributed by atoms with E-state index < -0.39 is 0 Å². The fourth-order valence-corrected chi connectivity index (χ4v) is 6.94. The Bertz CT molecular complexity index is 2710. The van der Waals surface area contributed by atoms with Crippen LogP contribution in [0, 0.1) is 6.57 Å². The van der Waals surface area contributed by atoms with Crippen LogP contribution in [0.4, 0.5) is 5.69 Å². The summed E-state index contributed by atoms with van der Waals surface area (Å²) in [4.78, 5) is 18.6. The van der Waals surface area contributed by atoms with Crippen molar-refractivity contribution >= 4 is 38.0 Å². The van der Waals surface area contributed by atoms with Gasteiger partial charge in [-0.3, -0.25) is 0 Å². The van der Waals surface area contributed by atoms with Gasteiger partial charge in [-0.2, -0.15) is 0 Å². The molecule has 0 N–H and O–H groups in total. The van der Waals surface area contributed by atoms with Crippen LogP contribution in [0.2, 0.25) is 0 Å². The Morgan fingerprint density at radius 3 is 1.24 bits per heavy atom. The predicted molar refractivity (Wildman–Crippen MR) is 206 cm³/mol. The third-order valence-electron chi connectivity index (χ3n) is 9.30. The van der Waals surface area contributed by atoms with E-state index in [0.29, 0.717) is 23.2 Å². The van der Waals surface area contributed by atoms with Crippen molar-refractivity contribution in [1.82, 2.24) is 15.0 Å². The number of aromatic nitrogens is 3. The van der Waals surface area contributed by atoms with E-state index in [2.05, 4.69) is 95.8 Å². The summed E-state index contributed by atoms with van der Waals surface area (Å²) in [5.41, 5.74) is 7.83. The predicted octanol–water partition coefficient (Wildman–Crippen LogP) is 12.2. The Morgan fingerprint density at radius 1 is 0.320 bits per heavy atom. The van der Waals surface area contributed by atoms with Crippen LogP contribution in [0.15, 0.2) is 170 Å². The molecule has 0 saturated carbocycles. The summed E-state index contributed by atoms with van der Waals surface area (Å²) in [6.45, 7) is 7.59. The van der Waals surface area contributed by atoms with Crippen LogP contribution in [0.3, 0.4) is 0 Å². The van der Waals surface area contributed by atoms with Crippen LogP contribution in [0.5, 0.6) is 0 Å². The van der Waals surface area contributed by atoms with E-state index in [1.807, 2.05) is 78.9 Å². The highest BCUT2D eigenvalue weighted by Crippen LogP contribution is 2.42. The molecule has 1 aromatic heterocycles. The standard InChI is InChI=1S/C46H28N4/c1-47-35-21-13-19-33(27-35)41-29-43-38-24-10-8-22-36(38)40(28-42(43)39-25-11-9-23-37(39)41)32-18-12-20-34(26-32)46-49-44(30-14-4-2-5-15-30)48-45(50-46)31-16-6-3-7-17-31/h2-29H. The molecule has 0 aliphatic heterocycles. The van der Waals surface area contributed by atoms with Gasteiger partial charge in [0.05, 0.1) is 6.57 Å². The van der Waals surface area contributed by atoms with Gasteiger partial charge in [0.1, 0.15) is 0 Å². The normalized spacial score (nSPS) is 11.2. The lowest BCUT2D eigenvalue weighted by Crippen LogP contribution is -2.00. The lowest BCUT2D eigenvalue weighted by Gasteiger charge is -2.16. The minimum atomic E-state index is 0.626. The molecule has 9 rings (SSSR count). The van der Waals surface area contributed by atoms with E-state index in [0.717, 1.165) is 44.3 Å². The smallest absolute Gasteiger partial charge is 0.187 e. The highest BCUT2D eigenvalue weighted by Gasteiger charge is 2.17. The molecule has 0 amide bonds. The van der Waals surface area contributed by atoms with Gasteiger partial charge in [0.2, 0.25) is 0 Å². The van der Waals surface area contributed by atoms with E-state index in [1.54, 1.807) is 0 Å². The molecule has 0 saturated heterocycles. The van der Waals surface area contributed by atoms with Crippen molar-refractivity contribution in [2.75, 3.05) is 0 Å². The summed E-state index contributed by atoms with van der Waals surface area (Å²) in [5, 5.41) is 7.04. The molecule has 4 nitrogen and oxygen atoms in total. The summed E-state index contributed by atoms with van der Waals surface area (Å²) in [5.74, 6) is 1.90. The van der Waals surface area contributed by atoms with E-state index >= 15 is 0 Å². The first-order valence-corrected chi connectivity index (χ1v) is 16.6. The summed E-state index contributed by atoms with van der Waals surface area (Å²) in [7, 11) is 0. The molecule has 0 aliphatic carbocycles. The molecular formula is C46H28N4. The molecule has 4 heteroatoms. The van der Waals surface area contributed by atoms with Crippen LogP contribution < -0.4 is 0 Å². The van der Waals surface area contributed by atoms with Crippen molar-refractivity contribution in [3.05, 3.63) is 181 Å². The van der Waals surface area contributed by atoms with Crippen molar-refractivity contribution in [3.63, 3.8) is 0 Å². The lowest BCUT2D eigenvalue weighted by molar-refractivity contribution is 1.07. The highest BCUT2D eigenvalue weighted by molar-refractivity contribution is 6.23. The summed E-state index contributed by atoms with van der Waals surface area (Å²) in [6, 6.07) is 58.4. The first-order chi connectivity index (χ1) is 24.7. The van der Waals surface area contributed by atoms with Gasteiger partial charge in [0.25, 0.3) is 0 Å². The Balaban J connectivity index is 1.26. The van der Waals surface area contributed by atoms with Gasteiger partial charge in [0.15, 0.2) is 23.2 Å². The molecule has 50 heavy (non-hydrogen) atoms. The van der Waals surface area contributed by atoms with E-state index in [9.17, 15) is 0 Å². The molecular weight excluding hydrogens is 609 g/mol. The Morgan fingerprint density at radius 2 is 0.720 bits per heavy atom. The average molecular weight is 637 g/mol. The van der Waals surface area contributed by atoms with E-state index in [4.69, 9.17) is 21.5 Å². The van der Waals surface area contributed by atoms with Gasteiger partial charge in [-0.25, -0.2) is 19.8 Å². The first kappa shape index (κ1) is 29.2. The molecule has 8 aromatic carbocycles. The zero-order chi connectivity index (χ0) is 33.4. The largest absolute Gasteiger partial charge is 0.238 e. The fourth-order valence-electron chi connectivity index (χ4n) is 6.94. The number of hydrogen-bond acceptors (Lipinski definition) is 3. The summed E-state index contributed by atoms with van der Waals surface area (Å²) < 4.78 is 0. The van der Waals surface area contributed by atoms with Crippen LogP contribution in [0.1, 0.15) is 0 Å².